The molecule has 170 valence electrons. The molecule has 0 bridgehead atoms. The van der Waals surface area contributed by atoms with E-state index >= 15 is 0 Å². The van der Waals surface area contributed by atoms with Gasteiger partial charge in [-0.15, -0.1) is 0 Å². The first-order chi connectivity index (χ1) is 15.3. The number of furan rings is 1. The number of para-hydroxylation sites is 1. The Morgan fingerprint density at radius 1 is 1.12 bits per heavy atom. The number of carbonyl (C=O) groups excluding carboxylic acids is 1. The maximum absolute atomic E-state index is 13.9. The van der Waals surface area contributed by atoms with Gasteiger partial charge in [0.2, 0.25) is 0 Å². The third-order valence-corrected chi connectivity index (χ3v) is 5.62. The largest absolute Gasteiger partial charge is 0.451 e. The van der Waals surface area contributed by atoms with Crippen LogP contribution in [0.5, 0.6) is 0 Å². The number of piperazine rings is 1. The predicted octanol–water partition coefficient (Wildman–Crippen LogP) is 4.60. The number of carbonyl (C=O) groups is 1. The van der Waals surface area contributed by atoms with Gasteiger partial charge in [0.1, 0.15) is 5.58 Å². The molecule has 9 heteroatoms. The van der Waals surface area contributed by atoms with E-state index in [1.807, 2.05) is 11.9 Å². The Balaban J connectivity index is 1.66. The lowest BCUT2D eigenvalue weighted by molar-refractivity contribution is -0.136. The fourth-order valence-corrected chi connectivity index (χ4v) is 3.89. The van der Waals surface area contributed by atoms with Gasteiger partial charge in [0.05, 0.1) is 17.9 Å². The third kappa shape index (κ3) is 4.44. The summed E-state index contributed by atoms with van der Waals surface area (Å²) in [6.07, 6.45) is -4.63. The number of nitrogens with one attached hydrogen (secondary N) is 1. The van der Waals surface area contributed by atoms with Gasteiger partial charge in [-0.1, -0.05) is 18.2 Å². The Kier molecular flexibility index (Phi) is 6.12. The molecule has 2 heterocycles. The molecule has 1 aliphatic rings. The second-order valence-electron chi connectivity index (χ2n) is 7.81. The van der Waals surface area contributed by atoms with E-state index in [0.717, 1.165) is 19.2 Å². The molecule has 0 aliphatic carbocycles. The van der Waals surface area contributed by atoms with Crippen LogP contribution in [-0.2, 0) is 17.5 Å². The maximum atomic E-state index is 13.9. The zero-order valence-corrected chi connectivity index (χ0v) is 17.8. The highest BCUT2D eigenvalue weighted by Gasteiger charge is 2.35. The second kappa shape index (κ2) is 8.84. The van der Waals surface area contributed by atoms with Crippen LogP contribution >= 0.6 is 0 Å². The molecule has 0 radical (unpaired) electrons. The summed E-state index contributed by atoms with van der Waals surface area (Å²) >= 11 is 0. The van der Waals surface area contributed by atoms with Gasteiger partial charge in [-0.3, -0.25) is 4.79 Å². The molecule has 4 rings (SSSR count). The Labute approximate surface area is 183 Å². The highest BCUT2D eigenvalue weighted by molar-refractivity contribution is 6.07. The molecule has 3 aromatic rings. The molecule has 0 unspecified atom stereocenters. The van der Waals surface area contributed by atoms with E-state index in [0.29, 0.717) is 35.3 Å². The summed E-state index contributed by atoms with van der Waals surface area (Å²) in [6, 6.07) is 11.0. The van der Waals surface area contributed by atoms with Crippen LogP contribution in [0.4, 0.5) is 24.5 Å². The number of alkyl halides is 3. The van der Waals surface area contributed by atoms with E-state index in [1.165, 1.54) is 13.2 Å². The molecule has 1 aliphatic heterocycles. The molecule has 1 aromatic heterocycles. The lowest BCUT2D eigenvalue weighted by Gasteiger charge is -2.34. The van der Waals surface area contributed by atoms with Crippen molar-refractivity contribution in [3.8, 4) is 0 Å². The molecule has 0 atom stereocenters. The average molecular weight is 447 g/mol. The van der Waals surface area contributed by atoms with E-state index < -0.39 is 17.6 Å². The van der Waals surface area contributed by atoms with Gasteiger partial charge >= 0.3 is 6.18 Å². The zero-order chi connectivity index (χ0) is 22.9. The van der Waals surface area contributed by atoms with Crippen molar-refractivity contribution in [1.82, 2.24) is 4.90 Å². The minimum Gasteiger partial charge on any atom is -0.451 e. The van der Waals surface area contributed by atoms with Gasteiger partial charge in [0, 0.05) is 49.9 Å². The third-order valence-electron chi connectivity index (χ3n) is 5.62. The number of ether oxygens (including phenoxy) is 1. The van der Waals surface area contributed by atoms with Gasteiger partial charge in [-0.2, -0.15) is 13.2 Å². The molecule has 1 saturated heterocycles. The molecule has 2 aromatic carbocycles. The van der Waals surface area contributed by atoms with Crippen molar-refractivity contribution in [1.29, 1.82) is 0 Å². The Bertz CT molecular complexity index is 1120. The number of anilines is 2. The number of hydrogen-bond acceptors (Lipinski definition) is 5. The number of hydrogen-bond donors (Lipinski definition) is 1. The molecule has 0 spiro atoms. The van der Waals surface area contributed by atoms with Crippen LogP contribution in [0.3, 0.4) is 0 Å². The molecular formula is C23H24F3N3O3. The molecular weight excluding hydrogens is 423 g/mol. The number of rotatable bonds is 5. The lowest BCUT2D eigenvalue weighted by Crippen LogP contribution is -2.44. The normalized spacial score (nSPS) is 15.3. The van der Waals surface area contributed by atoms with Crippen molar-refractivity contribution in [3.63, 3.8) is 0 Å². The summed E-state index contributed by atoms with van der Waals surface area (Å²) in [5.41, 5.74) is 0.220. The number of nitrogens with zero attached hydrogens (tertiary/aromatic N) is 2. The van der Waals surface area contributed by atoms with E-state index in [4.69, 9.17) is 9.15 Å². The summed E-state index contributed by atoms with van der Waals surface area (Å²) in [5, 5.41) is 3.08. The summed E-state index contributed by atoms with van der Waals surface area (Å²) in [7, 11) is 3.45. The Hall–Kier alpha value is -3.04. The van der Waals surface area contributed by atoms with Crippen LogP contribution in [0.1, 0.15) is 21.7 Å². The van der Waals surface area contributed by atoms with Crippen molar-refractivity contribution in [2.75, 3.05) is 50.6 Å². The van der Waals surface area contributed by atoms with E-state index in [9.17, 15) is 18.0 Å². The van der Waals surface area contributed by atoms with Crippen LogP contribution in [0.2, 0.25) is 0 Å². The van der Waals surface area contributed by atoms with Crippen LogP contribution in [0.25, 0.3) is 11.0 Å². The van der Waals surface area contributed by atoms with Crippen LogP contribution in [0, 0.1) is 0 Å². The van der Waals surface area contributed by atoms with E-state index in [1.54, 1.807) is 30.3 Å². The van der Waals surface area contributed by atoms with Gasteiger partial charge in [0.25, 0.3) is 5.91 Å². The first-order valence-electron chi connectivity index (χ1n) is 10.2. The van der Waals surface area contributed by atoms with Gasteiger partial charge in [-0.25, -0.2) is 0 Å². The zero-order valence-electron chi connectivity index (χ0n) is 17.8. The van der Waals surface area contributed by atoms with E-state index in [2.05, 4.69) is 10.2 Å². The number of likely N-dealkylation sites (N-methyl/N-ethyl adjacent to an activating group) is 1. The van der Waals surface area contributed by atoms with Crippen LogP contribution < -0.4 is 10.2 Å². The fraction of sp³-hybridized carbons (Fsp3) is 0.348. The Morgan fingerprint density at radius 3 is 2.53 bits per heavy atom. The molecule has 1 amide bonds. The molecule has 1 N–H and O–H groups in total. The van der Waals surface area contributed by atoms with Crippen molar-refractivity contribution in [2.45, 2.75) is 12.8 Å². The fourth-order valence-electron chi connectivity index (χ4n) is 3.89. The second-order valence-corrected chi connectivity index (χ2v) is 7.81. The monoisotopic (exact) mass is 447 g/mol. The van der Waals surface area contributed by atoms with Crippen molar-refractivity contribution in [3.05, 3.63) is 59.4 Å². The standard InChI is InChI=1S/C23H24F3N3O3/c1-28-9-11-29(12-10-28)15-7-8-19(18(13-15)23(24,25)26)27-22(30)21-17(14-31-2)16-5-3-4-6-20(16)32-21/h3-8,13H,9-12,14H2,1-2H3,(H,27,30). The minimum atomic E-state index is -4.63. The smallest absolute Gasteiger partial charge is 0.418 e. The molecule has 1 fully saturated rings. The average Bonchev–Trinajstić information content (AvgIpc) is 3.13. The molecule has 0 saturated carbocycles. The first-order valence-corrected chi connectivity index (χ1v) is 10.2. The number of benzene rings is 2. The SMILES string of the molecule is COCc1c(C(=O)Nc2ccc(N3CCN(C)CC3)cc2C(F)(F)F)oc2ccccc12. The Morgan fingerprint density at radius 2 is 1.84 bits per heavy atom. The minimum absolute atomic E-state index is 0.0654. The summed E-state index contributed by atoms with van der Waals surface area (Å²) in [4.78, 5) is 17.0. The highest BCUT2D eigenvalue weighted by atomic mass is 19.4. The lowest BCUT2D eigenvalue weighted by atomic mass is 10.1. The van der Waals surface area contributed by atoms with Crippen LogP contribution in [0.15, 0.2) is 46.9 Å². The predicted molar refractivity (Wildman–Crippen MR) is 116 cm³/mol. The first kappa shape index (κ1) is 22.2. The van der Waals surface area contributed by atoms with Crippen LogP contribution in [-0.4, -0.2) is 51.1 Å². The van der Waals surface area contributed by atoms with Crippen molar-refractivity contribution in [2.24, 2.45) is 0 Å². The summed E-state index contributed by atoms with van der Waals surface area (Å²) in [5.74, 6) is -0.824. The van der Waals surface area contributed by atoms with E-state index in [-0.39, 0.29) is 18.1 Å². The number of halogens is 3. The van der Waals surface area contributed by atoms with Gasteiger partial charge in [-0.05, 0) is 31.3 Å². The molecule has 32 heavy (non-hydrogen) atoms. The topological polar surface area (TPSA) is 58.0 Å². The van der Waals surface area contributed by atoms with Gasteiger partial charge in [0.15, 0.2) is 5.76 Å². The quantitative estimate of drug-likeness (QED) is 0.620. The summed E-state index contributed by atoms with van der Waals surface area (Å²) < 4.78 is 52.4. The summed E-state index contributed by atoms with van der Waals surface area (Å²) in [6.45, 7) is 2.91. The number of fused-ring (bicyclic) bond motifs is 1. The van der Waals surface area contributed by atoms with Crippen molar-refractivity contribution >= 4 is 28.3 Å². The number of methoxy groups -OCH3 is 1. The maximum Gasteiger partial charge on any atom is 0.418 e. The molecule has 6 nitrogen and oxygen atoms in total. The highest BCUT2D eigenvalue weighted by Crippen LogP contribution is 2.38. The van der Waals surface area contributed by atoms with Gasteiger partial charge < -0.3 is 24.3 Å². The van der Waals surface area contributed by atoms with Crippen molar-refractivity contribution < 1.29 is 27.1 Å². The number of amides is 1.